The van der Waals surface area contributed by atoms with Gasteiger partial charge in [-0.05, 0) is 30.3 Å². The van der Waals surface area contributed by atoms with Crippen molar-refractivity contribution in [3.05, 3.63) is 48.3 Å². The van der Waals surface area contributed by atoms with E-state index in [9.17, 15) is 4.39 Å². The summed E-state index contributed by atoms with van der Waals surface area (Å²) in [4.78, 5) is 4.22. The summed E-state index contributed by atoms with van der Waals surface area (Å²) in [6.45, 7) is 0. The first kappa shape index (κ1) is 9.84. The minimum Gasteiger partial charge on any atom is -0.436 e. The van der Waals surface area contributed by atoms with Crippen molar-refractivity contribution in [1.29, 1.82) is 0 Å². The van der Waals surface area contributed by atoms with E-state index in [-0.39, 0.29) is 5.82 Å². The number of benzene rings is 2. The molecule has 3 nitrogen and oxygen atoms in total. The van der Waals surface area contributed by atoms with Crippen molar-refractivity contribution < 1.29 is 8.81 Å². The van der Waals surface area contributed by atoms with Gasteiger partial charge in [0, 0.05) is 17.3 Å². The highest BCUT2D eigenvalue weighted by molar-refractivity contribution is 5.76. The van der Waals surface area contributed by atoms with Crippen LogP contribution in [0.4, 0.5) is 10.1 Å². The smallest absolute Gasteiger partial charge is 0.227 e. The summed E-state index contributed by atoms with van der Waals surface area (Å²) in [5.74, 6) is 0.114. The van der Waals surface area contributed by atoms with Gasteiger partial charge in [0.25, 0.3) is 0 Å². The third-order valence-electron chi connectivity index (χ3n) is 2.48. The molecule has 0 spiro atoms. The first-order valence-corrected chi connectivity index (χ1v) is 5.14. The van der Waals surface area contributed by atoms with Crippen LogP contribution in [0.3, 0.4) is 0 Å². The van der Waals surface area contributed by atoms with Gasteiger partial charge in [-0.25, -0.2) is 9.37 Å². The Morgan fingerprint density at radius 2 is 2.00 bits per heavy atom. The molecule has 0 bridgehead atoms. The van der Waals surface area contributed by atoms with Crippen LogP contribution in [0.5, 0.6) is 0 Å². The largest absolute Gasteiger partial charge is 0.436 e. The quantitative estimate of drug-likeness (QED) is 0.650. The zero-order valence-electron chi connectivity index (χ0n) is 8.85. The Labute approximate surface area is 96.7 Å². The number of rotatable bonds is 1. The third-order valence-corrected chi connectivity index (χ3v) is 2.48. The van der Waals surface area contributed by atoms with Crippen LogP contribution in [0.1, 0.15) is 0 Å². The molecule has 0 saturated heterocycles. The molecule has 2 aromatic carbocycles. The minimum absolute atomic E-state index is 0.329. The number of aromatic nitrogens is 1. The van der Waals surface area contributed by atoms with Gasteiger partial charge in [0.1, 0.15) is 11.3 Å². The molecule has 0 amide bonds. The van der Waals surface area contributed by atoms with E-state index in [1.165, 1.54) is 12.1 Å². The molecule has 0 aliphatic rings. The number of nitrogens with two attached hydrogens (primary N) is 1. The SMILES string of the molecule is Nc1cccc(-c2nc3cc(F)ccc3o2)c1. The van der Waals surface area contributed by atoms with E-state index >= 15 is 0 Å². The zero-order valence-corrected chi connectivity index (χ0v) is 8.85. The molecule has 2 N–H and O–H groups in total. The van der Waals surface area contributed by atoms with Gasteiger partial charge in [-0.3, -0.25) is 0 Å². The number of nitrogens with zero attached hydrogens (tertiary/aromatic N) is 1. The van der Waals surface area contributed by atoms with Gasteiger partial charge < -0.3 is 10.2 Å². The average Bonchev–Trinajstić information content (AvgIpc) is 2.72. The summed E-state index contributed by atoms with van der Waals surface area (Å²) < 4.78 is 18.5. The second-order valence-electron chi connectivity index (χ2n) is 3.76. The van der Waals surface area contributed by atoms with Crippen molar-refractivity contribution >= 4 is 16.8 Å². The number of anilines is 1. The summed E-state index contributed by atoms with van der Waals surface area (Å²) >= 11 is 0. The first-order valence-electron chi connectivity index (χ1n) is 5.14. The van der Waals surface area contributed by atoms with Crippen molar-refractivity contribution in [3.8, 4) is 11.5 Å². The molecule has 0 aliphatic heterocycles. The third kappa shape index (κ3) is 1.73. The number of halogens is 1. The Morgan fingerprint density at radius 1 is 1.12 bits per heavy atom. The van der Waals surface area contributed by atoms with Gasteiger partial charge in [0.05, 0.1) is 0 Å². The lowest BCUT2D eigenvalue weighted by atomic mass is 10.2. The zero-order chi connectivity index (χ0) is 11.8. The van der Waals surface area contributed by atoms with E-state index in [4.69, 9.17) is 10.2 Å². The van der Waals surface area contributed by atoms with Crippen molar-refractivity contribution in [2.45, 2.75) is 0 Å². The number of nitrogen functional groups attached to an aromatic ring is 1. The highest BCUT2D eigenvalue weighted by Gasteiger charge is 2.08. The second-order valence-corrected chi connectivity index (χ2v) is 3.76. The number of oxazole rings is 1. The van der Waals surface area contributed by atoms with Gasteiger partial charge in [-0.2, -0.15) is 0 Å². The van der Waals surface area contributed by atoms with E-state index in [1.807, 2.05) is 12.1 Å². The van der Waals surface area contributed by atoms with Crippen molar-refractivity contribution in [1.82, 2.24) is 4.98 Å². The maximum atomic E-state index is 13.0. The van der Waals surface area contributed by atoms with Crippen molar-refractivity contribution in [3.63, 3.8) is 0 Å². The molecule has 0 saturated carbocycles. The predicted molar refractivity (Wildman–Crippen MR) is 63.8 cm³/mol. The van der Waals surface area contributed by atoms with Crippen LogP contribution in [0.25, 0.3) is 22.6 Å². The summed E-state index contributed by atoms with van der Waals surface area (Å²) in [6.07, 6.45) is 0. The lowest BCUT2D eigenvalue weighted by Gasteiger charge is -1.95. The molecule has 4 heteroatoms. The van der Waals surface area contributed by atoms with Crippen LogP contribution in [0, 0.1) is 5.82 Å². The fourth-order valence-corrected chi connectivity index (χ4v) is 1.70. The summed E-state index contributed by atoms with van der Waals surface area (Å²) in [6, 6.07) is 11.5. The van der Waals surface area contributed by atoms with Crippen LogP contribution in [0.2, 0.25) is 0 Å². The Morgan fingerprint density at radius 3 is 2.82 bits per heavy atom. The highest BCUT2D eigenvalue weighted by Crippen LogP contribution is 2.25. The Kier molecular flexibility index (Phi) is 2.08. The van der Waals surface area contributed by atoms with Gasteiger partial charge in [0.2, 0.25) is 5.89 Å². The van der Waals surface area contributed by atoms with E-state index in [1.54, 1.807) is 18.2 Å². The Bertz CT molecular complexity index is 691. The monoisotopic (exact) mass is 228 g/mol. The molecule has 0 radical (unpaired) electrons. The van der Waals surface area contributed by atoms with E-state index in [0.717, 1.165) is 5.56 Å². The van der Waals surface area contributed by atoms with E-state index < -0.39 is 0 Å². The lowest BCUT2D eigenvalue weighted by Crippen LogP contribution is -1.84. The van der Waals surface area contributed by atoms with Gasteiger partial charge in [0.15, 0.2) is 5.58 Å². The molecule has 0 aliphatic carbocycles. The topological polar surface area (TPSA) is 52.0 Å². The summed E-state index contributed by atoms with van der Waals surface area (Å²) in [7, 11) is 0. The molecule has 0 fully saturated rings. The Balaban J connectivity index is 2.18. The highest BCUT2D eigenvalue weighted by atomic mass is 19.1. The molecule has 84 valence electrons. The number of hydrogen-bond donors (Lipinski definition) is 1. The predicted octanol–water partition coefficient (Wildman–Crippen LogP) is 3.22. The standard InChI is InChI=1S/C13H9FN2O/c14-9-4-5-12-11(7-9)16-13(17-12)8-2-1-3-10(15)6-8/h1-7H,15H2. The molecule has 0 atom stereocenters. The van der Waals surface area contributed by atoms with Crippen LogP contribution >= 0.6 is 0 Å². The van der Waals surface area contributed by atoms with Crippen molar-refractivity contribution in [2.24, 2.45) is 0 Å². The fourth-order valence-electron chi connectivity index (χ4n) is 1.70. The average molecular weight is 228 g/mol. The van der Waals surface area contributed by atoms with E-state index in [0.29, 0.717) is 22.7 Å². The van der Waals surface area contributed by atoms with Crippen LogP contribution in [0.15, 0.2) is 46.9 Å². The maximum absolute atomic E-state index is 13.0. The Hall–Kier alpha value is -2.36. The molecular weight excluding hydrogens is 219 g/mol. The van der Waals surface area contributed by atoms with Gasteiger partial charge in [-0.1, -0.05) is 6.07 Å². The summed E-state index contributed by atoms with van der Waals surface area (Å²) in [5, 5.41) is 0. The molecule has 3 aromatic rings. The fraction of sp³-hybridized carbons (Fsp3) is 0. The molecule has 17 heavy (non-hydrogen) atoms. The van der Waals surface area contributed by atoms with Crippen LogP contribution < -0.4 is 5.73 Å². The van der Waals surface area contributed by atoms with Gasteiger partial charge >= 0.3 is 0 Å². The van der Waals surface area contributed by atoms with Crippen molar-refractivity contribution in [2.75, 3.05) is 5.73 Å². The van der Waals surface area contributed by atoms with Crippen LogP contribution in [-0.2, 0) is 0 Å². The molecule has 1 aromatic heterocycles. The lowest BCUT2D eigenvalue weighted by molar-refractivity contribution is 0.614. The summed E-state index contributed by atoms with van der Waals surface area (Å²) in [5.41, 5.74) is 8.16. The maximum Gasteiger partial charge on any atom is 0.227 e. The first-order chi connectivity index (χ1) is 8.22. The number of fused-ring (bicyclic) bond motifs is 1. The molecule has 0 unspecified atom stereocenters. The van der Waals surface area contributed by atoms with Crippen LogP contribution in [-0.4, -0.2) is 4.98 Å². The molecular formula is C13H9FN2O. The van der Waals surface area contributed by atoms with Gasteiger partial charge in [-0.15, -0.1) is 0 Å². The normalized spacial score (nSPS) is 10.9. The number of hydrogen-bond acceptors (Lipinski definition) is 3. The second kappa shape index (κ2) is 3.59. The minimum atomic E-state index is -0.329. The molecule has 1 heterocycles. The van der Waals surface area contributed by atoms with E-state index in [2.05, 4.69) is 4.98 Å². The molecule has 3 rings (SSSR count).